The van der Waals surface area contributed by atoms with Gasteiger partial charge in [0.1, 0.15) is 17.9 Å². The van der Waals surface area contributed by atoms with Crippen LogP contribution >= 0.6 is 0 Å². The van der Waals surface area contributed by atoms with Gasteiger partial charge >= 0.3 is 12.1 Å². The van der Waals surface area contributed by atoms with Gasteiger partial charge in [0.15, 0.2) is 11.5 Å². The van der Waals surface area contributed by atoms with Gasteiger partial charge in [-0.2, -0.15) is 0 Å². The van der Waals surface area contributed by atoms with Crippen molar-refractivity contribution in [2.45, 2.75) is 45.4 Å². The van der Waals surface area contributed by atoms with E-state index >= 15 is 0 Å². The lowest BCUT2D eigenvalue weighted by molar-refractivity contribution is 0.0184. The highest BCUT2D eigenvalue weighted by Crippen LogP contribution is 2.40. The van der Waals surface area contributed by atoms with E-state index in [-0.39, 0.29) is 5.56 Å². The average molecular weight is 556 g/mol. The third-order valence-electron chi connectivity index (χ3n) is 6.80. The first-order valence-electron chi connectivity index (χ1n) is 13.4. The molecule has 212 valence electrons. The number of carbonyl (C=O) groups excluding carboxylic acids is 1. The standard InChI is InChI=1S/C32H33N3O6/c1-32(2,3)41-31(38)34-15-14-22-16-28(40-20-21-8-6-5-7-9-21)27(39-4)17-25(22)26(34)12-11-24-18-33-29-13-10-23(30(36)37)19-35(24)29/h5-13,16-19,26H,14-15,20H2,1-4H3,(H,36,37)/b12-11+. The van der Waals surface area contributed by atoms with Crippen LogP contribution in [-0.2, 0) is 17.8 Å². The smallest absolute Gasteiger partial charge is 0.411 e. The predicted molar refractivity (Wildman–Crippen MR) is 154 cm³/mol. The fraction of sp³-hybridized carbons (Fsp3) is 0.281. The van der Waals surface area contributed by atoms with Crippen LogP contribution in [0.3, 0.4) is 0 Å². The third-order valence-corrected chi connectivity index (χ3v) is 6.80. The zero-order chi connectivity index (χ0) is 29.1. The molecule has 0 fully saturated rings. The Morgan fingerprint density at radius 3 is 2.59 bits per heavy atom. The molecule has 0 radical (unpaired) electrons. The molecule has 1 aliphatic rings. The number of fused-ring (bicyclic) bond motifs is 2. The molecule has 5 rings (SSSR count). The van der Waals surface area contributed by atoms with E-state index in [0.717, 1.165) is 16.7 Å². The minimum absolute atomic E-state index is 0.149. The van der Waals surface area contributed by atoms with Gasteiger partial charge in [0, 0.05) is 12.7 Å². The third kappa shape index (κ3) is 6.19. The summed E-state index contributed by atoms with van der Waals surface area (Å²) in [6.45, 7) is 6.36. The van der Waals surface area contributed by atoms with Crippen molar-refractivity contribution in [2.75, 3.05) is 13.7 Å². The van der Waals surface area contributed by atoms with Crippen molar-refractivity contribution in [3.63, 3.8) is 0 Å². The summed E-state index contributed by atoms with van der Waals surface area (Å²) in [6.07, 6.45) is 7.14. The van der Waals surface area contributed by atoms with E-state index in [9.17, 15) is 14.7 Å². The van der Waals surface area contributed by atoms with Gasteiger partial charge in [-0.15, -0.1) is 0 Å². The molecule has 9 heteroatoms. The Balaban J connectivity index is 1.52. The number of ether oxygens (including phenoxy) is 3. The van der Waals surface area contributed by atoms with E-state index in [4.69, 9.17) is 14.2 Å². The number of methoxy groups -OCH3 is 1. The van der Waals surface area contributed by atoms with Crippen LogP contribution in [0, 0.1) is 0 Å². The van der Waals surface area contributed by atoms with E-state index in [0.29, 0.717) is 42.4 Å². The Labute approximate surface area is 238 Å². The first-order chi connectivity index (χ1) is 19.6. The number of carboxylic acid groups (broad SMARTS) is 1. The molecule has 0 saturated heterocycles. The molecular weight excluding hydrogens is 522 g/mol. The molecule has 0 spiro atoms. The minimum Gasteiger partial charge on any atom is -0.493 e. The van der Waals surface area contributed by atoms with Crippen LogP contribution in [0.5, 0.6) is 11.5 Å². The molecule has 0 bridgehead atoms. The molecule has 1 amide bonds. The van der Waals surface area contributed by atoms with Gasteiger partial charge in [0.05, 0.1) is 30.6 Å². The summed E-state index contributed by atoms with van der Waals surface area (Å²) in [5.41, 5.74) is 3.75. The van der Waals surface area contributed by atoms with Gasteiger partial charge in [-0.1, -0.05) is 36.4 Å². The lowest BCUT2D eigenvalue weighted by Crippen LogP contribution is -2.42. The maximum atomic E-state index is 13.3. The molecule has 0 aliphatic carbocycles. The van der Waals surface area contributed by atoms with E-state index in [1.165, 1.54) is 12.3 Å². The number of aromatic nitrogens is 2. The number of nitrogens with zero attached hydrogens (tertiary/aromatic N) is 3. The molecule has 41 heavy (non-hydrogen) atoms. The summed E-state index contributed by atoms with van der Waals surface area (Å²) >= 11 is 0. The number of hydrogen-bond acceptors (Lipinski definition) is 6. The summed E-state index contributed by atoms with van der Waals surface area (Å²) in [4.78, 5) is 31.0. The maximum Gasteiger partial charge on any atom is 0.411 e. The molecule has 0 saturated carbocycles. The lowest BCUT2D eigenvalue weighted by Gasteiger charge is -2.37. The van der Waals surface area contributed by atoms with Gasteiger partial charge in [-0.05, 0) is 74.2 Å². The van der Waals surface area contributed by atoms with Gasteiger partial charge in [0.2, 0.25) is 0 Å². The number of aromatic carboxylic acids is 1. The normalized spacial score (nSPS) is 15.1. The number of benzene rings is 2. The van der Waals surface area contributed by atoms with Crippen molar-refractivity contribution in [1.29, 1.82) is 0 Å². The topological polar surface area (TPSA) is 103 Å². The molecule has 1 unspecified atom stereocenters. The fourth-order valence-corrected chi connectivity index (χ4v) is 4.84. The van der Waals surface area contributed by atoms with Crippen LogP contribution in [0.15, 0.2) is 73.1 Å². The number of carbonyl (C=O) groups is 2. The molecule has 4 aromatic rings. The van der Waals surface area contributed by atoms with E-state index in [2.05, 4.69) is 4.98 Å². The quantitative estimate of drug-likeness (QED) is 0.291. The lowest BCUT2D eigenvalue weighted by atomic mass is 9.91. The van der Waals surface area contributed by atoms with Crippen molar-refractivity contribution in [2.24, 2.45) is 0 Å². The van der Waals surface area contributed by atoms with Crippen LogP contribution in [0.4, 0.5) is 4.79 Å². The molecular formula is C32H33N3O6. The van der Waals surface area contributed by atoms with Gasteiger partial charge in [0.25, 0.3) is 0 Å². The summed E-state index contributed by atoms with van der Waals surface area (Å²) in [5.74, 6) is 0.168. The second-order valence-electron chi connectivity index (χ2n) is 10.8. The number of hydrogen-bond donors (Lipinski definition) is 1. The fourth-order valence-electron chi connectivity index (χ4n) is 4.84. The number of pyridine rings is 1. The maximum absolute atomic E-state index is 13.3. The molecule has 9 nitrogen and oxygen atoms in total. The molecule has 2 aromatic heterocycles. The summed E-state index contributed by atoms with van der Waals surface area (Å²) in [5, 5.41) is 9.45. The van der Waals surface area contributed by atoms with Crippen molar-refractivity contribution < 1.29 is 28.9 Å². The second-order valence-corrected chi connectivity index (χ2v) is 10.8. The van der Waals surface area contributed by atoms with E-state index < -0.39 is 23.7 Å². The van der Waals surface area contributed by atoms with Crippen molar-refractivity contribution >= 4 is 23.8 Å². The summed E-state index contributed by atoms with van der Waals surface area (Å²) < 4.78 is 19.3. The Kier molecular flexibility index (Phi) is 7.70. The average Bonchev–Trinajstić information content (AvgIpc) is 3.35. The molecule has 1 atom stereocenters. The van der Waals surface area contributed by atoms with Gasteiger partial charge < -0.3 is 19.3 Å². The minimum atomic E-state index is -1.02. The number of amides is 1. The first kappa shape index (κ1) is 27.8. The van der Waals surface area contributed by atoms with Crippen LogP contribution in [0.25, 0.3) is 11.7 Å². The van der Waals surface area contributed by atoms with Crippen LogP contribution in [0.1, 0.15) is 59.6 Å². The summed E-state index contributed by atoms with van der Waals surface area (Å²) in [7, 11) is 1.59. The zero-order valence-corrected chi connectivity index (χ0v) is 23.5. The Morgan fingerprint density at radius 1 is 1.10 bits per heavy atom. The highest BCUT2D eigenvalue weighted by Gasteiger charge is 2.33. The van der Waals surface area contributed by atoms with Gasteiger partial charge in [-0.25, -0.2) is 14.6 Å². The highest BCUT2D eigenvalue weighted by atomic mass is 16.6. The van der Waals surface area contributed by atoms with Crippen molar-refractivity contribution in [3.05, 3.63) is 101 Å². The number of carboxylic acids is 1. The Morgan fingerprint density at radius 2 is 1.88 bits per heavy atom. The molecule has 1 N–H and O–H groups in total. The summed E-state index contributed by atoms with van der Waals surface area (Å²) in [6, 6.07) is 16.5. The van der Waals surface area contributed by atoms with E-state index in [1.54, 1.807) is 28.7 Å². The van der Waals surface area contributed by atoms with Crippen LogP contribution < -0.4 is 9.47 Å². The second kappa shape index (κ2) is 11.4. The monoisotopic (exact) mass is 555 g/mol. The number of rotatable bonds is 7. The zero-order valence-electron chi connectivity index (χ0n) is 23.5. The number of imidazole rings is 1. The molecule has 1 aliphatic heterocycles. The van der Waals surface area contributed by atoms with Crippen molar-refractivity contribution in [1.82, 2.24) is 14.3 Å². The Bertz CT molecular complexity index is 1600. The highest BCUT2D eigenvalue weighted by molar-refractivity contribution is 5.87. The van der Waals surface area contributed by atoms with E-state index in [1.807, 2.05) is 75.4 Å². The Hall–Kier alpha value is -4.79. The first-order valence-corrected chi connectivity index (χ1v) is 13.4. The SMILES string of the molecule is COc1cc2c(cc1OCc1ccccc1)CCN(C(=O)OC(C)(C)C)C2/C=C/c1cnc2ccc(C(=O)O)cn12. The largest absolute Gasteiger partial charge is 0.493 e. The van der Waals surface area contributed by atoms with Crippen molar-refractivity contribution in [3.8, 4) is 11.5 Å². The predicted octanol–water partition coefficient (Wildman–Crippen LogP) is 6.17. The van der Waals surface area contributed by atoms with Gasteiger partial charge in [-0.3, -0.25) is 9.30 Å². The molecule has 3 heterocycles. The van der Waals surface area contributed by atoms with Crippen LogP contribution in [-0.4, -0.2) is 50.7 Å². The van der Waals surface area contributed by atoms with Crippen LogP contribution in [0.2, 0.25) is 0 Å². The molecule has 2 aromatic carbocycles.